The third kappa shape index (κ3) is 4.06. The number of hydrogen-bond acceptors (Lipinski definition) is 5. The summed E-state index contributed by atoms with van der Waals surface area (Å²) in [5.41, 5.74) is 0. The second kappa shape index (κ2) is 7.48. The first-order valence-electron chi connectivity index (χ1n) is 7.28. The Kier molecular flexibility index (Phi) is 6.63. The van der Waals surface area contributed by atoms with Crippen molar-refractivity contribution in [3.63, 3.8) is 0 Å². The summed E-state index contributed by atoms with van der Waals surface area (Å²) in [6.07, 6.45) is 0. The third-order valence-corrected chi connectivity index (χ3v) is 7.84. The highest BCUT2D eigenvalue weighted by atomic mass is 35.5. The first kappa shape index (κ1) is 20.4. The van der Waals surface area contributed by atoms with E-state index in [4.69, 9.17) is 0 Å². The molecule has 1 fully saturated rings. The molecule has 2 atom stereocenters. The molecule has 1 saturated heterocycles. The van der Waals surface area contributed by atoms with Gasteiger partial charge in [0.15, 0.2) is 9.84 Å². The summed E-state index contributed by atoms with van der Waals surface area (Å²) in [6.45, 7) is 6.28. The molecular weight excluding hydrogens is 360 g/mol. The van der Waals surface area contributed by atoms with Gasteiger partial charge in [-0.3, -0.25) is 0 Å². The monoisotopic (exact) mass is 382 g/mol. The minimum absolute atomic E-state index is 0. The molecule has 2 unspecified atom stereocenters. The van der Waals surface area contributed by atoms with Crippen LogP contribution in [0.3, 0.4) is 0 Å². The van der Waals surface area contributed by atoms with E-state index in [-0.39, 0.29) is 40.0 Å². The Labute approximate surface area is 144 Å². The van der Waals surface area contributed by atoms with Crippen LogP contribution in [0.1, 0.15) is 20.8 Å². The van der Waals surface area contributed by atoms with E-state index < -0.39 is 19.9 Å². The molecule has 0 bridgehead atoms. The van der Waals surface area contributed by atoms with Crippen LogP contribution in [0.15, 0.2) is 34.1 Å². The summed E-state index contributed by atoms with van der Waals surface area (Å²) in [7, 11) is -7.14. The first-order valence-corrected chi connectivity index (χ1v) is 10.4. The zero-order chi connectivity index (χ0) is 16.5. The number of rotatable bonds is 4. The smallest absolute Gasteiger partial charge is 0.243 e. The predicted octanol–water partition coefficient (Wildman–Crippen LogP) is 1.27. The lowest BCUT2D eigenvalue weighted by Gasteiger charge is -2.37. The van der Waals surface area contributed by atoms with Crippen molar-refractivity contribution < 1.29 is 16.8 Å². The Balaban J connectivity index is 0.00000264. The van der Waals surface area contributed by atoms with E-state index in [1.807, 2.05) is 13.8 Å². The molecule has 1 aromatic carbocycles. The van der Waals surface area contributed by atoms with Crippen LogP contribution in [0.4, 0.5) is 0 Å². The molecule has 2 rings (SSSR count). The number of sulfone groups is 1. The molecule has 0 amide bonds. The normalized spacial score (nSPS) is 23.3. The second-order valence-electron chi connectivity index (χ2n) is 5.48. The summed E-state index contributed by atoms with van der Waals surface area (Å²) >= 11 is 0. The van der Waals surface area contributed by atoms with Crippen molar-refractivity contribution in [1.29, 1.82) is 0 Å². The fourth-order valence-electron chi connectivity index (χ4n) is 2.50. The van der Waals surface area contributed by atoms with Gasteiger partial charge in [0.1, 0.15) is 0 Å². The highest BCUT2D eigenvalue weighted by molar-refractivity contribution is 7.91. The van der Waals surface area contributed by atoms with Crippen LogP contribution in [-0.4, -0.2) is 52.1 Å². The van der Waals surface area contributed by atoms with Crippen molar-refractivity contribution in [2.24, 2.45) is 0 Å². The lowest BCUT2D eigenvalue weighted by Crippen LogP contribution is -2.57. The summed E-state index contributed by atoms with van der Waals surface area (Å²) in [4.78, 5) is 0.0786. The number of sulfonamides is 1. The molecule has 132 valence electrons. The van der Waals surface area contributed by atoms with Crippen LogP contribution in [0.2, 0.25) is 0 Å². The Hall–Kier alpha value is -0.670. The van der Waals surface area contributed by atoms with E-state index in [1.54, 1.807) is 0 Å². The van der Waals surface area contributed by atoms with E-state index in [2.05, 4.69) is 5.32 Å². The third-order valence-electron chi connectivity index (χ3n) is 4.13. The van der Waals surface area contributed by atoms with E-state index in [9.17, 15) is 16.8 Å². The van der Waals surface area contributed by atoms with Crippen molar-refractivity contribution in [3.05, 3.63) is 24.3 Å². The standard InChI is InChI=1S/C14H22N2O4S2.ClH/c1-4-21(17,18)13-6-5-7-14(10-13)22(19,20)16-9-8-15-11(2)12(16)3;/h5-7,10-12,15H,4,8-9H2,1-3H3;1H. The Morgan fingerprint density at radius 2 is 1.78 bits per heavy atom. The number of halogens is 1. The summed E-state index contributed by atoms with van der Waals surface area (Å²) in [5, 5.41) is 3.23. The summed E-state index contributed by atoms with van der Waals surface area (Å²) in [6, 6.07) is 5.47. The van der Waals surface area contributed by atoms with Gasteiger partial charge in [-0.1, -0.05) is 13.0 Å². The Morgan fingerprint density at radius 3 is 2.39 bits per heavy atom. The molecule has 0 aliphatic carbocycles. The summed E-state index contributed by atoms with van der Waals surface area (Å²) < 4.78 is 51.0. The summed E-state index contributed by atoms with van der Waals surface area (Å²) in [5.74, 6) is -0.0580. The molecule has 9 heteroatoms. The van der Waals surface area contributed by atoms with Gasteiger partial charge in [-0.05, 0) is 32.0 Å². The topological polar surface area (TPSA) is 83.5 Å². The van der Waals surface area contributed by atoms with Gasteiger partial charge in [0, 0.05) is 25.2 Å². The lowest BCUT2D eigenvalue weighted by atomic mass is 10.1. The fourth-order valence-corrected chi connectivity index (χ4v) is 5.24. The van der Waals surface area contributed by atoms with Crippen molar-refractivity contribution in [1.82, 2.24) is 9.62 Å². The molecule has 1 aliphatic rings. The highest BCUT2D eigenvalue weighted by Gasteiger charge is 2.34. The van der Waals surface area contributed by atoms with Gasteiger partial charge in [0.25, 0.3) is 0 Å². The maximum Gasteiger partial charge on any atom is 0.243 e. The Bertz CT molecular complexity index is 750. The van der Waals surface area contributed by atoms with E-state index >= 15 is 0 Å². The second-order valence-corrected chi connectivity index (χ2v) is 9.65. The fraction of sp³-hybridized carbons (Fsp3) is 0.571. The SMILES string of the molecule is CCS(=O)(=O)c1cccc(S(=O)(=O)N2CCNC(C)C2C)c1.Cl. The molecule has 1 aromatic rings. The minimum Gasteiger partial charge on any atom is -0.311 e. The molecule has 0 spiro atoms. The molecule has 1 N–H and O–H groups in total. The maximum atomic E-state index is 12.8. The number of benzene rings is 1. The van der Waals surface area contributed by atoms with Gasteiger partial charge in [-0.2, -0.15) is 4.31 Å². The van der Waals surface area contributed by atoms with Crippen molar-refractivity contribution in [2.45, 2.75) is 42.6 Å². The van der Waals surface area contributed by atoms with Gasteiger partial charge in [-0.25, -0.2) is 16.8 Å². The quantitative estimate of drug-likeness (QED) is 0.847. The number of hydrogen-bond donors (Lipinski definition) is 1. The molecule has 6 nitrogen and oxygen atoms in total. The predicted molar refractivity (Wildman–Crippen MR) is 92.2 cm³/mol. The molecule has 0 aromatic heterocycles. The van der Waals surface area contributed by atoms with Crippen LogP contribution in [-0.2, 0) is 19.9 Å². The minimum atomic E-state index is -3.71. The average molecular weight is 383 g/mol. The van der Waals surface area contributed by atoms with Crippen molar-refractivity contribution in [3.8, 4) is 0 Å². The first-order chi connectivity index (χ1) is 10.2. The number of piperazine rings is 1. The zero-order valence-electron chi connectivity index (χ0n) is 13.4. The van der Waals surface area contributed by atoms with Gasteiger partial charge in [-0.15, -0.1) is 12.4 Å². The van der Waals surface area contributed by atoms with Crippen LogP contribution in [0.25, 0.3) is 0 Å². The zero-order valence-corrected chi connectivity index (χ0v) is 15.8. The van der Waals surface area contributed by atoms with Crippen LogP contribution in [0, 0.1) is 0 Å². The van der Waals surface area contributed by atoms with E-state index in [0.29, 0.717) is 13.1 Å². The van der Waals surface area contributed by atoms with Crippen molar-refractivity contribution >= 4 is 32.3 Å². The largest absolute Gasteiger partial charge is 0.311 e. The molecule has 1 heterocycles. The van der Waals surface area contributed by atoms with E-state index in [1.165, 1.54) is 35.5 Å². The Morgan fingerprint density at radius 1 is 1.17 bits per heavy atom. The number of nitrogens with zero attached hydrogens (tertiary/aromatic N) is 1. The van der Waals surface area contributed by atoms with Gasteiger partial charge < -0.3 is 5.32 Å². The van der Waals surface area contributed by atoms with Gasteiger partial charge in [0.05, 0.1) is 15.5 Å². The van der Waals surface area contributed by atoms with Crippen LogP contribution < -0.4 is 5.32 Å². The molecule has 23 heavy (non-hydrogen) atoms. The molecular formula is C14H23ClN2O4S2. The van der Waals surface area contributed by atoms with Crippen LogP contribution in [0.5, 0.6) is 0 Å². The highest BCUT2D eigenvalue weighted by Crippen LogP contribution is 2.24. The number of nitrogens with one attached hydrogen (secondary N) is 1. The van der Waals surface area contributed by atoms with Crippen LogP contribution >= 0.6 is 12.4 Å². The van der Waals surface area contributed by atoms with E-state index in [0.717, 1.165) is 0 Å². The molecule has 0 radical (unpaired) electrons. The maximum absolute atomic E-state index is 12.8. The van der Waals surface area contributed by atoms with Gasteiger partial charge in [0.2, 0.25) is 10.0 Å². The molecule has 0 saturated carbocycles. The van der Waals surface area contributed by atoms with Gasteiger partial charge >= 0.3 is 0 Å². The van der Waals surface area contributed by atoms with Crippen molar-refractivity contribution in [2.75, 3.05) is 18.8 Å². The lowest BCUT2D eigenvalue weighted by molar-refractivity contribution is 0.233. The molecule has 1 aliphatic heterocycles. The average Bonchev–Trinajstić information content (AvgIpc) is 2.50.